The Morgan fingerprint density at radius 1 is 1.40 bits per heavy atom. The van der Waals surface area contributed by atoms with Crippen molar-refractivity contribution in [2.45, 2.75) is 0 Å². The van der Waals surface area contributed by atoms with E-state index in [0.29, 0.717) is 0 Å². The summed E-state index contributed by atoms with van der Waals surface area (Å²) in [7, 11) is 9.81. The first-order valence-electron chi connectivity index (χ1n) is 0.912. The Balaban J connectivity index is 0. The van der Waals surface area contributed by atoms with Crippen LogP contribution in [0.3, 0.4) is 0 Å². The minimum absolute atomic E-state index is 0.438. The first-order chi connectivity index (χ1) is 2.41. The second kappa shape index (κ2) is 15.8. The van der Waals surface area contributed by atoms with E-state index in [-0.39, 0.29) is 0 Å². The van der Waals surface area contributed by atoms with Crippen LogP contribution in [-0.4, -0.2) is 68.1 Å². The molecule has 0 spiro atoms. The zero-order valence-corrected chi connectivity index (χ0v) is 8.89. The van der Waals surface area contributed by atoms with Crippen molar-refractivity contribution in [3.05, 3.63) is 0 Å². The Morgan fingerprint density at radius 2 is 1.40 bits per heavy atom. The van der Waals surface area contributed by atoms with Gasteiger partial charge in [-0.05, 0) is 0 Å². The van der Waals surface area contributed by atoms with Gasteiger partial charge >= 0.3 is 67.9 Å². The molecule has 5 heteroatoms. The molecule has 24 valence electrons. The molecular formula is Cl2FKMg. The van der Waals surface area contributed by atoms with Gasteiger partial charge in [0.25, 0.3) is 0 Å². The van der Waals surface area contributed by atoms with Crippen molar-refractivity contribution >= 4 is 86.2 Å². The van der Waals surface area contributed by atoms with Crippen molar-refractivity contribution in [1.82, 2.24) is 0 Å². The van der Waals surface area contributed by atoms with Crippen LogP contribution >= 0.6 is 18.1 Å². The van der Waals surface area contributed by atoms with Crippen LogP contribution in [0.5, 0.6) is 0 Å². The molecular weight excluding hydrogens is 153 g/mol. The Labute approximate surface area is 83.6 Å². The molecule has 0 bridgehead atoms. The monoisotopic (exact) mass is 152 g/mol. The molecule has 0 radical (unpaired) electrons. The average Bonchev–Trinajstić information content (AvgIpc) is 1.46. The molecule has 0 aromatic carbocycles. The van der Waals surface area contributed by atoms with Gasteiger partial charge in [-0.25, -0.2) is 0 Å². The minimum atomic E-state index is -0.639. The van der Waals surface area contributed by atoms with E-state index in [1.165, 1.54) is 0 Å². The van der Waals surface area contributed by atoms with Crippen molar-refractivity contribution < 1.29 is -0.211 Å². The van der Waals surface area contributed by atoms with Gasteiger partial charge in [-0.15, -0.1) is 0 Å². The molecule has 0 aromatic heterocycles. The molecule has 0 fully saturated rings. The van der Waals surface area contributed by atoms with Crippen molar-refractivity contribution in [3.63, 3.8) is 0 Å². The van der Waals surface area contributed by atoms with Crippen LogP contribution < -0.4 is 0 Å². The second-order valence-corrected chi connectivity index (χ2v) is 2.73. The van der Waals surface area contributed by atoms with Gasteiger partial charge in [0.1, 0.15) is 0 Å². The van der Waals surface area contributed by atoms with Gasteiger partial charge in [0.2, 0.25) is 0 Å². The van der Waals surface area contributed by atoms with Gasteiger partial charge in [0, 0.05) is 0 Å². The predicted molar refractivity (Wildman–Crippen MR) is 24.3 cm³/mol. The van der Waals surface area contributed by atoms with Crippen LogP contribution in [0.1, 0.15) is 0 Å². The van der Waals surface area contributed by atoms with E-state index in [4.69, 9.17) is 18.1 Å². The van der Waals surface area contributed by atoms with Gasteiger partial charge < -0.3 is 18.1 Å². The van der Waals surface area contributed by atoms with Crippen LogP contribution in [0.4, 0.5) is -0.211 Å². The van der Waals surface area contributed by atoms with E-state index in [0.717, 1.165) is 0 Å². The summed E-state index contributed by atoms with van der Waals surface area (Å²) in [6.45, 7) is 0. The summed E-state index contributed by atoms with van der Waals surface area (Å²) >= 11 is -1.08. The van der Waals surface area contributed by atoms with Crippen LogP contribution in [0, 0.1) is 0 Å². The number of hydrogen-bond donors (Lipinski definition) is 0. The van der Waals surface area contributed by atoms with E-state index in [9.17, 15) is -0.211 Å². The standard InChI is InChI=1S/2ClH.FH.K.Mg/h3*1H;;/q;;;+1;+2/p-3. The third kappa shape index (κ3) is 19.7. The van der Waals surface area contributed by atoms with E-state index >= 15 is 0 Å². The van der Waals surface area contributed by atoms with Crippen molar-refractivity contribution in [2.75, 3.05) is 0 Å². The molecule has 0 aliphatic heterocycles. The summed E-state index contributed by atoms with van der Waals surface area (Å²) in [5.41, 5.74) is 0. The summed E-state index contributed by atoms with van der Waals surface area (Å²) in [5.74, 6) is 0. The van der Waals surface area contributed by atoms with Gasteiger partial charge in [-0.1, -0.05) is 0 Å². The first-order valence-corrected chi connectivity index (χ1v) is 6.37. The molecule has 0 saturated carbocycles. The Kier molecular flexibility index (Phi) is 34.1. The summed E-state index contributed by atoms with van der Waals surface area (Å²) in [6, 6.07) is 0. The van der Waals surface area contributed by atoms with E-state index in [1.807, 2.05) is 0 Å². The van der Waals surface area contributed by atoms with Crippen LogP contribution in [0.2, 0.25) is 0 Å². The maximum atomic E-state index is 9.69. The molecule has 0 atom stereocenters. The van der Waals surface area contributed by atoms with Gasteiger partial charge in [-0.3, -0.25) is 0 Å². The summed E-state index contributed by atoms with van der Waals surface area (Å²) in [5, 5.41) is 0. The molecule has 5 heavy (non-hydrogen) atoms. The second-order valence-electron chi connectivity index (χ2n) is 0.101. The van der Waals surface area contributed by atoms with Crippen molar-refractivity contribution in [3.8, 4) is 0 Å². The van der Waals surface area contributed by atoms with Gasteiger partial charge in [-0.2, -0.15) is 0 Å². The molecule has 0 aromatic rings. The van der Waals surface area contributed by atoms with Crippen molar-refractivity contribution in [2.24, 2.45) is 0 Å². The predicted octanol–water partition coefficient (Wildman–Crippen LogP) is 1.04. The SMILES string of the molecule is [Cl][Mg][Cl].[F][K]. The van der Waals surface area contributed by atoms with Crippen molar-refractivity contribution in [1.29, 1.82) is 0 Å². The Morgan fingerprint density at radius 3 is 1.40 bits per heavy atom. The summed E-state index contributed by atoms with van der Waals surface area (Å²) < 4.78 is 9.69. The van der Waals surface area contributed by atoms with Gasteiger partial charge in [0.05, 0.1) is 0 Å². The maximum absolute atomic E-state index is 9.69. The molecule has 0 amide bonds. The third-order valence-electron chi connectivity index (χ3n) is 0. The van der Waals surface area contributed by atoms with E-state index in [1.54, 1.807) is 0 Å². The Hall–Kier alpha value is 2.91. The zero-order chi connectivity index (χ0) is 4.71. The number of hydrogen-bond acceptors (Lipinski definition) is 0. The Bertz CT molecular complexity index is 9.61. The zero-order valence-electron chi connectivity index (χ0n) is 2.84. The molecule has 0 aliphatic rings. The number of rotatable bonds is 0. The molecule has 0 rings (SSSR count). The summed E-state index contributed by atoms with van der Waals surface area (Å²) in [4.78, 5) is 0. The molecule has 0 N–H and O–H groups in total. The van der Waals surface area contributed by atoms with E-state index in [2.05, 4.69) is 0 Å². The fourth-order valence-electron chi connectivity index (χ4n) is 0. The summed E-state index contributed by atoms with van der Waals surface area (Å²) in [6.07, 6.45) is 0. The normalized spacial score (nSPS) is 3.40. The average molecular weight is 153 g/mol. The molecule has 0 aliphatic carbocycles. The fraction of sp³-hybridized carbons (Fsp3) is 0. The van der Waals surface area contributed by atoms with Crippen LogP contribution in [0.15, 0.2) is 0 Å². The van der Waals surface area contributed by atoms with E-state index < -0.39 is 68.1 Å². The van der Waals surface area contributed by atoms with Gasteiger partial charge in [0.15, 0.2) is 0 Å². The molecule has 0 saturated heterocycles. The topological polar surface area (TPSA) is 0 Å². The first kappa shape index (κ1) is 10.8. The third-order valence-corrected chi connectivity index (χ3v) is 0. The fourth-order valence-corrected chi connectivity index (χ4v) is 0. The molecule has 0 nitrogen and oxygen atoms in total. The molecule has 0 unspecified atom stereocenters. The molecule has 0 heterocycles. The number of halogens is 3. The van der Waals surface area contributed by atoms with Crippen LogP contribution in [-0.2, 0) is 0 Å². The quantitative estimate of drug-likeness (QED) is 0.456. The van der Waals surface area contributed by atoms with Crippen LogP contribution in [0.25, 0.3) is 0 Å².